The lowest BCUT2D eigenvalue weighted by Gasteiger charge is -2.42. The average Bonchev–Trinajstić information content (AvgIpc) is 3.24. The second-order valence-electron chi connectivity index (χ2n) is 24.5. The molecule has 9 rings (SSSR count). The molecule has 2 aliphatic rings. The van der Waals surface area contributed by atoms with Crippen LogP contribution in [0.1, 0.15) is 137 Å². The summed E-state index contributed by atoms with van der Waals surface area (Å²) >= 11 is 1.95. The quantitative estimate of drug-likeness (QED) is 0.162. The molecule has 2 aliphatic heterocycles. The van der Waals surface area contributed by atoms with Crippen LogP contribution in [0.25, 0.3) is 33.4 Å². The second kappa shape index (κ2) is 15.9. The highest BCUT2D eigenvalue weighted by atomic mass is 32.2. The van der Waals surface area contributed by atoms with Gasteiger partial charge in [-0.3, -0.25) is 0 Å². The number of aryl methyl sites for hydroxylation is 1. The highest BCUT2D eigenvalue weighted by Crippen LogP contribution is 2.50. The molecule has 2 heterocycles. The first-order valence-electron chi connectivity index (χ1n) is 24.2. The number of hydrogen-bond acceptors (Lipinski definition) is 2. The van der Waals surface area contributed by atoms with Gasteiger partial charge in [-0.25, -0.2) is 0 Å². The maximum Gasteiger partial charge on any atom is 0.249 e. The molecule has 0 unspecified atom stereocenters. The fourth-order valence-electron chi connectivity index (χ4n) is 9.99. The smallest absolute Gasteiger partial charge is 0.249 e. The molecule has 1 nitrogen and oxygen atoms in total. The third-order valence-electron chi connectivity index (χ3n) is 14.1. The van der Waals surface area contributed by atoms with Crippen LogP contribution in [-0.2, 0) is 27.1 Å². The highest BCUT2D eigenvalue weighted by molar-refractivity contribution is 8.00. The standard InChI is InChI=1S/C63H70BNS/c1-39-30-54-57-56(31-39)66-55-29-27-46(61(8,9)10)38-52(55)64(57)51-36-40(43-34-47(62(11,12)13)37-48(35-43)63(14,15)16)26-28-53(51)65(54)58-49(41-20-17-22-44(32-41)59(2,3)4)24-19-25-50(58)42-21-18-23-45(33-42)60(5,6)7/h17-38H,1-16H3. The van der Waals surface area contributed by atoms with Crippen LogP contribution in [0.2, 0.25) is 0 Å². The molecule has 336 valence electrons. The van der Waals surface area contributed by atoms with Gasteiger partial charge in [-0.05, 0) is 125 Å². The molecule has 7 aromatic carbocycles. The number of rotatable bonds is 4. The maximum absolute atomic E-state index is 2.67. The van der Waals surface area contributed by atoms with Crippen LogP contribution in [-0.4, -0.2) is 6.71 Å². The maximum atomic E-state index is 2.67. The number of nitrogens with zero attached hydrogens (tertiary/aromatic N) is 1. The van der Waals surface area contributed by atoms with E-state index in [4.69, 9.17) is 0 Å². The molecule has 0 aromatic heterocycles. The van der Waals surface area contributed by atoms with Crippen molar-refractivity contribution < 1.29 is 0 Å². The van der Waals surface area contributed by atoms with E-state index in [0.717, 1.165) is 0 Å². The molecular weight excluding hydrogens is 814 g/mol. The molecule has 0 atom stereocenters. The largest absolute Gasteiger partial charge is 0.310 e. The minimum Gasteiger partial charge on any atom is -0.310 e. The number of benzene rings is 7. The summed E-state index contributed by atoms with van der Waals surface area (Å²) in [4.78, 5) is 5.37. The SMILES string of the molecule is Cc1cc2c3c(c1)N(c1c(-c4cccc(C(C)(C)C)c4)cccc1-c1cccc(C(C)(C)C)c1)c1ccc(-c4cc(C(C)(C)C)cc(C(C)(C)C)c4)cc1B3c1cc(C(C)(C)C)ccc1S2. The van der Waals surface area contributed by atoms with E-state index in [1.807, 2.05) is 11.8 Å². The van der Waals surface area contributed by atoms with Crippen molar-refractivity contribution in [2.24, 2.45) is 0 Å². The summed E-state index contributed by atoms with van der Waals surface area (Å²) in [5, 5.41) is 0. The van der Waals surface area contributed by atoms with Crippen molar-refractivity contribution >= 4 is 51.9 Å². The summed E-state index contributed by atoms with van der Waals surface area (Å²) in [7, 11) is 0. The minimum absolute atomic E-state index is 0.000540. The van der Waals surface area contributed by atoms with Gasteiger partial charge in [0.15, 0.2) is 0 Å². The van der Waals surface area contributed by atoms with E-state index < -0.39 is 0 Å². The topological polar surface area (TPSA) is 3.24 Å². The van der Waals surface area contributed by atoms with Crippen molar-refractivity contribution in [3.63, 3.8) is 0 Å². The fraction of sp³-hybridized carbons (Fsp3) is 0.333. The highest BCUT2D eigenvalue weighted by Gasteiger charge is 2.43. The fourth-order valence-corrected chi connectivity index (χ4v) is 11.2. The van der Waals surface area contributed by atoms with Crippen molar-refractivity contribution in [3.8, 4) is 33.4 Å². The Morgan fingerprint density at radius 2 is 0.879 bits per heavy atom. The van der Waals surface area contributed by atoms with E-state index in [1.165, 1.54) is 110 Å². The van der Waals surface area contributed by atoms with Crippen molar-refractivity contribution in [3.05, 3.63) is 167 Å². The van der Waals surface area contributed by atoms with Gasteiger partial charge in [-0.2, -0.15) is 0 Å². The molecule has 0 saturated heterocycles. The van der Waals surface area contributed by atoms with Crippen LogP contribution in [0, 0.1) is 6.92 Å². The Hall–Kier alpha value is -5.25. The van der Waals surface area contributed by atoms with E-state index in [-0.39, 0.29) is 33.8 Å². The number of para-hydroxylation sites is 1. The summed E-state index contributed by atoms with van der Waals surface area (Å²) in [5.74, 6) is 0. The van der Waals surface area contributed by atoms with Crippen molar-refractivity contribution in [1.29, 1.82) is 0 Å². The first kappa shape index (κ1) is 45.9. The molecule has 0 saturated carbocycles. The first-order valence-corrected chi connectivity index (χ1v) is 25.0. The lowest BCUT2D eigenvalue weighted by Crippen LogP contribution is -2.60. The second-order valence-corrected chi connectivity index (χ2v) is 25.6. The third kappa shape index (κ3) is 8.40. The van der Waals surface area contributed by atoms with Gasteiger partial charge < -0.3 is 4.90 Å². The predicted octanol–water partition coefficient (Wildman–Crippen LogP) is 16.2. The van der Waals surface area contributed by atoms with Crippen LogP contribution in [0.4, 0.5) is 17.1 Å². The van der Waals surface area contributed by atoms with Crippen LogP contribution >= 0.6 is 11.8 Å². The Kier molecular flexibility index (Phi) is 11.1. The van der Waals surface area contributed by atoms with Crippen molar-refractivity contribution in [2.45, 2.75) is 148 Å². The zero-order valence-corrected chi connectivity index (χ0v) is 43.5. The van der Waals surface area contributed by atoms with Crippen LogP contribution < -0.4 is 21.3 Å². The first-order chi connectivity index (χ1) is 30.8. The summed E-state index contributed by atoms with van der Waals surface area (Å²) in [6.07, 6.45) is 0. The summed E-state index contributed by atoms with van der Waals surface area (Å²) in [6.45, 7) is 37.4. The summed E-state index contributed by atoms with van der Waals surface area (Å²) < 4.78 is 0. The van der Waals surface area contributed by atoms with Crippen LogP contribution in [0.5, 0.6) is 0 Å². The molecular formula is C63H70BNS. The van der Waals surface area contributed by atoms with E-state index in [9.17, 15) is 0 Å². The lowest BCUT2D eigenvalue weighted by molar-refractivity contribution is 0.569. The molecule has 0 amide bonds. The average molecular weight is 884 g/mol. The Balaban J connectivity index is 1.41. The molecule has 0 aliphatic carbocycles. The van der Waals surface area contributed by atoms with Gasteiger partial charge in [-0.1, -0.05) is 230 Å². The zero-order valence-electron chi connectivity index (χ0n) is 42.6. The normalized spacial score (nSPS) is 13.9. The number of anilines is 3. The molecule has 0 N–H and O–H groups in total. The van der Waals surface area contributed by atoms with Gasteiger partial charge in [0.2, 0.25) is 6.71 Å². The molecule has 0 fully saturated rings. The molecule has 0 radical (unpaired) electrons. The minimum atomic E-state index is -0.000540. The van der Waals surface area contributed by atoms with E-state index in [0.29, 0.717) is 0 Å². The number of fused-ring (bicyclic) bond motifs is 4. The molecule has 0 spiro atoms. The zero-order chi connectivity index (χ0) is 47.5. The van der Waals surface area contributed by atoms with Crippen molar-refractivity contribution in [1.82, 2.24) is 0 Å². The number of hydrogen-bond donors (Lipinski definition) is 0. The Bertz CT molecular complexity index is 2930. The summed E-state index contributed by atoms with van der Waals surface area (Å²) in [6, 6.07) is 52.6. The summed E-state index contributed by atoms with van der Waals surface area (Å²) in [5.41, 5.74) is 23.4. The third-order valence-corrected chi connectivity index (χ3v) is 15.3. The van der Waals surface area contributed by atoms with Gasteiger partial charge in [0.1, 0.15) is 0 Å². The van der Waals surface area contributed by atoms with Gasteiger partial charge in [0, 0.05) is 32.3 Å². The van der Waals surface area contributed by atoms with E-state index in [2.05, 4.69) is 249 Å². The van der Waals surface area contributed by atoms with E-state index >= 15 is 0 Å². The van der Waals surface area contributed by atoms with Crippen LogP contribution in [0.15, 0.2) is 143 Å². The van der Waals surface area contributed by atoms with Crippen LogP contribution in [0.3, 0.4) is 0 Å². The molecule has 0 bridgehead atoms. The Morgan fingerprint density at radius 3 is 1.41 bits per heavy atom. The van der Waals surface area contributed by atoms with E-state index in [1.54, 1.807) is 0 Å². The predicted molar refractivity (Wildman–Crippen MR) is 291 cm³/mol. The van der Waals surface area contributed by atoms with Gasteiger partial charge in [0.25, 0.3) is 0 Å². The lowest BCUT2D eigenvalue weighted by atomic mass is 9.34. The van der Waals surface area contributed by atoms with Gasteiger partial charge >= 0.3 is 0 Å². The Morgan fingerprint density at radius 1 is 0.379 bits per heavy atom. The Labute approximate surface area is 402 Å². The molecule has 66 heavy (non-hydrogen) atoms. The van der Waals surface area contributed by atoms with Gasteiger partial charge in [-0.15, -0.1) is 0 Å². The van der Waals surface area contributed by atoms with Gasteiger partial charge in [0.05, 0.1) is 5.69 Å². The molecule has 3 heteroatoms. The molecule has 7 aromatic rings. The van der Waals surface area contributed by atoms with Crippen molar-refractivity contribution in [2.75, 3.05) is 4.90 Å². The monoisotopic (exact) mass is 884 g/mol.